The minimum atomic E-state index is 0.354. The topological polar surface area (TPSA) is 24.0 Å². The van der Waals surface area contributed by atoms with Gasteiger partial charge in [0.05, 0.1) is 11.0 Å². The van der Waals surface area contributed by atoms with Gasteiger partial charge in [0.1, 0.15) is 0 Å². The predicted molar refractivity (Wildman–Crippen MR) is 78.1 cm³/mol. The summed E-state index contributed by atoms with van der Waals surface area (Å²) in [6, 6.07) is 6.55. The van der Waals surface area contributed by atoms with E-state index in [-0.39, 0.29) is 0 Å². The van der Waals surface area contributed by atoms with E-state index in [4.69, 9.17) is 12.2 Å². The molecule has 1 N–H and O–H groups in total. The van der Waals surface area contributed by atoms with Crippen LogP contribution in [-0.4, -0.2) is 35.1 Å². The fourth-order valence-electron chi connectivity index (χ4n) is 2.15. The van der Waals surface area contributed by atoms with Gasteiger partial charge in [-0.15, -0.1) is 0 Å². The maximum atomic E-state index is 5.40. The predicted octanol–water partition coefficient (Wildman–Crippen LogP) is 3.58. The highest BCUT2D eigenvalue weighted by Crippen LogP contribution is 2.22. The van der Waals surface area contributed by atoms with E-state index >= 15 is 0 Å². The van der Waals surface area contributed by atoms with Gasteiger partial charge in [-0.25, -0.2) is 0 Å². The van der Waals surface area contributed by atoms with Gasteiger partial charge < -0.3 is 14.5 Å². The van der Waals surface area contributed by atoms with Crippen molar-refractivity contribution in [3.63, 3.8) is 0 Å². The third kappa shape index (κ3) is 2.61. The molecule has 0 bridgehead atoms. The van der Waals surface area contributed by atoms with Crippen LogP contribution in [0.15, 0.2) is 22.7 Å². The molecule has 1 atom stereocenters. The molecule has 0 spiro atoms. The van der Waals surface area contributed by atoms with Crippen LogP contribution in [0.2, 0.25) is 0 Å². The molecule has 5 heteroatoms. The summed E-state index contributed by atoms with van der Waals surface area (Å²) in [5.41, 5.74) is 2.24. The number of hydrogen-bond donors (Lipinski definition) is 1. The molecule has 17 heavy (non-hydrogen) atoms. The zero-order valence-electron chi connectivity index (χ0n) is 10.2. The molecule has 0 aliphatic rings. The van der Waals surface area contributed by atoms with Crippen molar-refractivity contribution in [1.29, 1.82) is 0 Å². The Morgan fingerprint density at radius 2 is 2.18 bits per heavy atom. The van der Waals surface area contributed by atoms with Crippen molar-refractivity contribution >= 4 is 39.2 Å². The molecule has 0 saturated heterocycles. The largest absolute Gasteiger partial charge is 0.331 e. The number of nitrogens with one attached hydrogen (secondary N) is 1. The molecule has 0 fully saturated rings. The number of rotatable bonds is 3. The Balaban J connectivity index is 2.53. The smallest absolute Gasteiger partial charge is 0.178 e. The molecular weight excluding hydrogens is 298 g/mol. The molecule has 1 aromatic carbocycles. The Kier molecular flexibility index (Phi) is 3.70. The van der Waals surface area contributed by atoms with E-state index in [1.807, 2.05) is 6.07 Å². The van der Waals surface area contributed by atoms with Crippen LogP contribution in [-0.2, 0) is 0 Å². The molecule has 0 amide bonds. The summed E-state index contributed by atoms with van der Waals surface area (Å²) in [4.78, 5) is 5.42. The third-order valence-electron chi connectivity index (χ3n) is 2.75. The van der Waals surface area contributed by atoms with Gasteiger partial charge in [-0.3, -0.25) is 0 Å². The SMILES string of the molecule is CC(CN(C)C)n1c(=S)[nH]c2cc(Br)ccc21. The van der Waals surface area contributed by atoms with Crippen LogP contribution in [0.1, 0.15) is 13.0 Å². The lowest BCUT2D eigenvalue weighted by Gasteiger charge is -2.19. The van der Waals surface area contributed by atoms with Gasteiger partial charge in [0.2, 0.25) is 0 Å². The molecule has 92 valence electrons. The summed E-state index contributed by atoms with van der Waals surface area (Å²) in [5, 5.41) is 0. The standard InChI is InChI=1S/C12H16BrN3S/c1-8(7-15(2)3)16-11-5-4-9(13)6-10(11)14-12(16)17/h4-6,8H,7H2,1-3H3,(H,14,17). The molecule has 2 rings (SSSR count). The number of hydrogen-bond acceptors (Lipinski definition) is 2. The minimum absolute atomic E-state index is 0.354. The van der Waals surface area contributed by atoms with Crippen molar-refractivity contribution < 1.29 is 0 Å². The highest BCUT2D eigenvalue weighted by molar-refractivity contribution is 9.10. The number of likely N-dealkylation sites (N-methyl/N-ethyl adjacent to an activating group) is 1. The molecule has 3 nitrogen and oxygen atoms in total. The van der Waals surface area contributed by atoms with Crippen molar-refractivity contribution in [2.24, 2.45) is 0 Å². The van der Waals surface area contributed by atoms with Crippen LogP contribution < -0.4 is 0 Å². The highest BCUT2D eigenvalue weighted by Gasteiger charge is 2.11. The molecule has 0 aliphatic carbocycles. The third-order valence-corrected chi connectivity index (χ3v) is 3.54. The Morgan fingerprint density at radius 1 is 1.47 bits per heavy atom. The van der Waals surface area contributed by atoms with Crippen molar-refractivity contribution in [2.75, 3.05) is 20.6 Å². The Bertz CT molecular complexity index is 585. The number of nitrogens with zero attached hydrogens (tertiary/aromatic N) is 2. The molecule has 1 heterocycles. The molecule has 1 aromatic heterocycles. The maximum Gasteiger partial charge on any atom is 0.178 e. The minimum Gasteiger partial charge on any atom is -0.331 e. The van der Waals surface area contributed by atoms with Crippen LogP contribution in [0.3, 0.4) is 0 Å². The van der Waals surface area contributed by atoms with E-state index in [1.165, 1.54) is 0 Å². The number of aromatic amines is 1. The number of H-pyrrole nitrogens is 1. The van der Waals surface area contributed by atoms with E-state index in [0.717, 1.165) is 26.8 Å². The maximum absolute atomic E-state index is 5.40. The van der Waals surface area contributed by atoms with E-state index < -0.39 is 0 Å². The lowest BCUT2D eigenvalue weighted by Crippen LogP contribution is -2.22. The van der Waals surface area contributed by atoms with Crippen LogP contribution in [0, 0.1) is 4.77 Å². The Morgan fingerprint density at radius 3 is 2.82 bits per heavy atom. The first-order valence-corrected chi connectivity index (χ1v) is 6.73. The molecule has 0 radical (unpaired) electrons. The van der Waals surface area contributed by atoms with Crippen LogP contribution >= 0.6 is 28.1 Å². The quantitative estimate of drug-likeness (QED) is 0.876. The summed E-state index contributed by atoms with van der Waals surface area (Å²) in [7, 11) is 4.15. The Labute approximate surface area is 115 Å². The fourth-order valence-corrected chi connectivity index (χ4v) is 2.90. The first kappa shape index (κ1) is 12.8. The number of aromatic nitrogens is 2. The van der Waals surface area contributed by atoms with Gasteiger partial charge in [-0.05, 0) is 51.4 Å². The van der Waals surface area contributed by atoms with Crippen LogP contribution in [0.5, 0.6) is 0 Å². The lowest BCUT2D eigenvalue weighted by molar-refractivity contribution is 0.339. The van der Waals surface area contributed by atoms with Gasteiger partial charge >= 0.3 is 0 Å². The molecule has 2 aromatic rings. The Hall–Kier alpha value is -0.650. The average Bonchev–Trinajstić information content (AvgIpc) is 2.51. The first-order chi connectivity index (χ1) is 7.99. The van der Waals surface area contributed by atoms with Crippen molar-refractivity contribution in [3.8, 4) is 0 Å². The summed E-state index contributed by atoms with van der Waals surface area (Å²) in [6.45, 7) is 3.16. The van der Waals surface area contributed by atoms with E-state index in [1.54, 1.807) is 0 Å². The van der Waals surface area contributed by atoms with E-state index in [9.17, 15) is 0 Å². The van der Waals surface area contributed by atoms with Crippen molar-refractivity contribution in [2.45, 2.75) is 13.0 Å². The normalized spacial score (nSPS) is 13.5. The van der Waals surface area contributed by atoms with Gasteiger partial charge in [0.15, 0.2) is 4.77 Å². The monoisotopic (exact) mass is 313 g/mol. The summed E-state index contributed by atoms with van der Waals surface area (Å²) in [6.07, 6.45) is 0. The average molecular weight is 314 g/mol. The van der Waals surface area contributed by atoms with Crippen LogP contribution in [0.4, 0.5) is 0 Å². The summed E-state index contributed by atoms with van der Waals surface area (Å²) in [5.74, 6) is 0. The second-order valence-corrected chi connectivity index (χ2v) is 5.88. The van der Waals surface area contributed by atoms with Gasteiger partial charge in [0, 0.05) is 17.1 Å². The highest BCUT2D eigenvalue weighted by atomic mass is 79.9. The summed E-state index contributed by atoms with van der Waals surface area (Å²) >= 11 is 8.87. The molecule has 0 aliphatic heterocycles. The van der Waals surface area contributed by atoms with Gasteiger partial charge in [0.25, 0.3) is 0 Å². The first-order valence-electron chi connectivity index (χ1n) is 5.53. The van der Waals surface area contributed by atoms with Crippen LogP contribution in [0.25, 0.3) is 11.0 Å². The zero-order valence-corrected chi connectivity index (χ0v) is 12.6. The van der Waals surface area contributed by atoms with E-state index in [0.29, 0.717) is 6.04 Å². The second-order valence-electron chi connectivity index (χ2n) is 4.57. The van der Waals surface area contributed by atoms with Gasteiger partial charge in [-0.2, -0.15) is 0 Å². The number of fused-ring (bicyclic) bond motifs is 1. The number of benzene rings is 1. The summed E-state index contributed by atoms with van der Waals surface area (Å²) < 4.78 is 4.03. The molecule has 1 unspecified atom stereocenters. The van der Waals surface area contributed by atoms with E-state index in [2.05, 4.69) is 63.5 Å². The second kappa shape index (κ2) is 4.92. The zero-order chi connectivity index (χ0) is 12.6. The molecular formula is C12H16BrN3S. The fraction of sp³-hybridized carbons (Fsp3) is 0.417. The van der Waals surface area contributed by atoms with Gasteiger partial charge in [-0.1, -0.05) is 15.9 Å². The number of halogens is 1. The molecule has 0 saturated carbocycles. The van der Waals surface area contributed by atoms with Crippen molar-refractivity contribution in [1.82, 2.24) is 14.5 Å². The van der Waals surface area contributed by atoms with Crippen molar-refractivity contribution in [3.05, 3.63) is 27.4 Å². The lowest BCUT2D eigenvalue weighted by atomic mass is 10.2. The number of imidazole rings is 1.